The first kappa shape index (κ1) is 9.11. The van der Waals surface area contributed by atoms with Crippen LogP contribution in [0.25, 0.3) is 0 Å². The van der Waals surface area contributed by atoms with Crippen molar-refractivity contribution >= 4 is 5.78 Å². The van der Waals surface area contributed by atoms with E-state index in [1.54, 1.807) is 6.08 Å². The fraction of sp³-hybridized carbons (Fsp3) is 0.375. The molecule has 0 saturated carbocycles. The van der Waals surface area contributed by atoms with Gasteiger partial charge in [-0.3, -0.25) is 4.79 Å². The predicted molar refractivity (Wildman–Crippen MR) is 40.8 cm³/mol. The van der Waals surface area contributed by atoms with Crippen molar-refractivity contribution in [3.63, 3.8) is 0 Å². The molecule has 0 aromatic heterocycles. The summed E-state index contributed by atoms with van der Waals surface area (Å²) in [7, 11) is 0. The van der Waals surface area contributed by atoms with Crippen molar-refractivity contribution in [2.24, 2.45) is 0 Å². The molecule has 0 radical (unpaired) electrons. The Kier molecular flexibility index (Phi) is 4.50. The Morgan fingerprint density at radius 2 is 2.30 bits per heavy atom. The van der Waals surface area contributed by atoms with E-state index < -0.39 is 0 Å². The minimum atomic E-state index is -0.0240. The van der Waals surface area contributed by atoms with Crippen molar-refractivity contribution in [3.8, 4) is 0 Å². The Labute approximate surface area is 61.2 Å². The van der Waals surface area contributed by atoms with E-state index in [0.717, 1.165) is 0 Å². The molecular weight excluding hydrogens is 128 g/mol. The fourth-order valence-electron chi connectivity index (χ4n) is 0.367. The number of Topliss-reactive ketones (excluding diaryl/α,β-unsaturated/α-hetero) is 1. The van der Waals surface area contributed by atoms with E-state index in [1.807, 2.05) is 0 Å². The third-order valence-electron chi connectivity index (χ3n) is 1.01. The van der Waals surface area contributed by atoms with Crippen LogP contribution in [0.1, 0.15) is 6.92 Å². The van der Waals surface area contributed by atoms with Gasteiger partial charge >= 0.3 is 0 Å². The molecular formula is C8H12O2. The van der Waals surface area contributed by atoms with Crippen LogP contribution in [0.4, 0.5) is 0 Å². The Hall–Kier alpha value is -0.890. The molecule has 2 heteroatoms. The van der Waals surface area contributed by atoms with Crippen molar-refractivity contribution in [2.45, 2.75) is 6.92 Å². The van der Waals surface area contributed by atoms with Gasteiger partial charge in [0.25, 0.3) is 0 Å². The molecule has 0 heterocycles. The lowest BCUT2D eigenvalue weighted by Gasteiger charge is -1.99. The number of ether oxygens (including phenoxy) is 1. The first-order chi connectivity index (χ1) is 4.68. The fourth-order valence-corrected chi connectivity index (χ4v) is 0.367. The molecule has 0 aromatic carbocycles. The van der Waals surface area contributed by atoms with Crippen LogP contribution in [0.2, 0.25) is 0 Å². The molecule has 0 saturated heterocycles. The van der Waals surface area contributed by atoms with Gasteiger partial charge in [-0.25, -0.2) is 0 Å². The highest BCUT2D eigenvalue weighted by atomic mass is 16.5. The Bertz CT molecular complexity index is 147. The molecule has 10 heavy (non-hydrogen) atoms. The summed E-state index contributed by atoms with van der Waals surface area (Å²) in [5.41, 5.74) is 0.502. The van der Waals surface area contributed by atoms with Crippen LogP contribution in [0.3, 0.4) is 0 Å². The topological polar surface area (TPSA) is 26.3 Å². The molecule has 0 N–H and O–H groups in total. The Morgan fingerprint density at radius 1 is 1.70 bits per heavy atom. The number of hydrogen-bond acceptors (Lipinski definition) is 2. The second kappa shape index (κ2) is 4.94. The van der Waals surface area contributed by atoms with Gasteiger partial charge < -0.3 is 4.74 Å². The second-order valence-corrected chi connectivity index (χ2v) is 1.96. The molecule has 0 aromatic rings. The number of hydrogen-bond donors (Lipinski definition) is 0. The minimum Gasteiger partial charge on any atom is -0.373 e. The summed E-state index contributed by atoms with van der Waals surface area (Å²) in [6, 6.07) is 0. The van der Waals surface area contributed by atoms with Gasteiger partial charge in [-0.1, -0.05) is 12.7 Å². The highest BCUT2D eigenvalue weighted by molar-refractivity contribution is 5.92. The summed E-state index contributed by atoms with van der Waals surface area (Å²) in [4.78, 5) is 10.5. The quantitative estimate of drug-likeness (QED) is 0.327. The van der Waals surface area contributed by atoms with Gasteiger partial charge in [0.2, 0.25) is 0 Å². The molecule has 0 fully saturated rings. The third-order valence-corrected chi connectivity index (χ3v) is 1.01. The lowest BCUT2D eigenvalue weighted by Crippen LogP contribution is -2.03. The molecule has 0 spiro atoms. The zero-order valence-corrected chi connectivity index (χ0v) is 6.22. The van der Waals surface area contributed by atoms with Crippen molar-refractivity contribution in [3.05, 3.63) is 24.8 Å². The normalized spacial score (nSPS) is 8.90. The van der Waals surface area contributed by atoms with Gasteiger partial charge in [0.15, 0.2) is 5.78 Å². The van der Waals surface area contributed by atoms with Gasteiger partial charge in [0.1, 0.15) is 0 Å². The van der Waals surface area contributed by atoms with E-state index in [1.165, 1.54) is 6.92 Å². The van der Waals surface area contributed by atoms with Gasteiger partial charge in [-0.05, 0) is 6.92 Å². The SMILES string of the molecule is C=CCOCC(=C)C(C)=O. The monoisotopic (exact) mass is 140 g/mol. The van der Waals surface area contributed by atoms with E-state index in [9.17, 15) is 4.79 Å². The van der Waals surface area contributed by atoms with Crippen molar-refractivity contribution < 1.29 is 9.53 Å². The van der Waals surface area contributed by atoms with Gasteiger partial charge in [0.05, 0.1) is 13.2 Å². The molecule has 0 bridgehead atoms. The summed E-state index contributed by atoms with van der Waals surface area (Å²) in [6.45, 7) is 9.22. The maximum absolute atomic E-state index is 10.5. The lowest BCUT2D eigenvalue weighted by atomic mass is 10.2. The molecule has 0 unspecified atom stereocenters. The largest absolute Gasteiger partial charge is 0.373 e. The van der Waals surface area contributed by atoms with E-state index in [0.29, 0.717) is 18.8 Å². The number of carbonyl (C=O) groups excluding carboxylic acids is 1. The van der Waals surface area contributed by atoms with E-state index in [-0.39, 0.29) is 5.78 Å². The summed E-state index contributed by atoms with van der Waals surface area (Å²) in [6.07, 6.45) is 1.63. The van der Waals surface area contributed by atoms with Crippen LogP contribution in [0.5, 0.6) is 0 Å². The Morgan fingerprint density at radius 3 is 2.70 bits per heavy atom. The van der Waals surface area contributed by atoms with Gasteiger partial charge in [0, 0.05) is 5.57 Å². The molecule has 0 aliphatic rings. The first-order valence-corrected chi connectivity index (χ1v) is 3.06. The average Bonchev–Trinajstić information content (AvgIpc) is 1.88. The smallest absolute Gasteiger partial charge is 0.157 e. The van der Waals surface area contributed by atoms with Crippen LogP contribution < -0.4 is 0 Å². The zero-order valence-electron chi connectivity index (χ0n) is 6.22. The standard InChI is InChI=1S/C8H12O2/c1-4-5-10-6-7(2)8(3)9/h4H,1-2,5-6H2,3H3. The van der Waals surface area contributed by atoms with E-state index >= 15 is 0 Å². The summed E-state index contributed by atoms with van der Waals surface area (Å²) >= 11 is 0. The summed E-state index contributed by atoms with van der Waals surface area (Å²) in [5, 5.41) is 0. The maximum Gasteiger partial charge on any atom is 0.157 e. The van der Waals surface area contributed by atoms with Gasteiger partial charge in [-0.2, -0.15) is 0 Å². The van der Waals surface area contributed by atoms with Crippen LogP contribution in [0.15, 0.2) is 24.8 Å². The minimum absolute atomic E-state index is 0.0240. The van der Waals surface area contributed by atoms with E-state index in [2.05, 4.69) is 13.2 Å². The molecule has 0 amide bonds. The van der Waals surface area contributed by atoms with Crippen molar-refractivity contribution in [1.82, 2.24) is 0 Å². The maximum atomic E-state index is 10.5. The predicted octanol–water partition coefficient (Wildman–Crippen LogP) is 1.33. The molecule has 0 aliphatic carbocycles. The second-order valence-electron chi connectivity index (χ2n) is 1.96. The summed E-state index contributed by atoms with van der Waals surface area (Å²) < 4.78 is 4.97. The molecule has 0 rings (SSSR count). The zero-order chi connectivity index (χ0) is 7.98. The molecule has 0 aliphatic heterocycles. The highest BCUT2D eigenvalue weighted by Gasteiger charge is 1.97. The van der Waals surface area contributed by atoms with Gasteiger partial charge in [-0.15, -0.1) is 6.58 Å². The summed E-state index contributed by atoms with van der Waals surface area (Å²) in [5.74, 6) is -0.0240. The third kappa shape index (κ3) is 4.04. The van der Waals surface area contributed by atoms with Crippen LogP contribution in [-0.4, -0.2) is 19.0 Å². The number of rotatable bonds is 5. The number of carbonyl (C=O) groups is 1. The molecule has 0 atom stereocenters. The molecule has 2 nitrogen and oxygen atoms in total. The van der Waals surface area contributed by atoms with Crippen LogP contribution in [-0.2, 0) is 9.53 Å². The van der Waals surface area contributed by atoms with E-state index in [4.69, 9.17) is 4.74 Å². The average molecular weight is 140 g/mol. The molecule has 56 valence electrons. The van der Waals surface area contributed by atoms with Crippen molar-refractivity contribution in [2.75, 3.05) is 13.2 Å². The Balaban J connectivity index is 3.40. The first-order valence-electron chi connectivity index (χ1n) is 3.06. The van der Waals surface area contributed by atoms with Crippen molar-refractivity contribution in [1.29, 1.82) is 0 Å². The van der Waals surface area contributed by atoms with Crippen LogP contribution in [0, 0.1) is 0 Å². The highest BCUT2D eigenvalue weighted by Crippen LogP contribution is 1.92. The van der Waals surface area contributed by atoms with Crippen LogP contribution >= 0.6 is 0 Å². The number of ketones is 1. The lowest BCUT2D eigenvalue weighted by molar-refractivity contribution is -0.114.